The molecule has 0 atom stereocenters. The number of carbonyl (C=O) groups is 1. The average Bonchev–Trinajstić information content (AvgIpc) is 3.44. The summed E-state index contributed by atoms with van der Waals surface area (Å²) in [6.07, 6.45) is 2.58. The summed E-state index contributed by atoms with van der Waals surface area (Å²) in [5.41, 5.74) is 3.15. The zero-order chi connectivity index (χ0) is 20.8. The van der Waals surface area contributed by atoms with Crippen molar-refractivity contribution in [2.75, 3.05) is 11.1 Å². The fourth-order valence-electron chi connectivity index (χ4n) is 3.04. The van der Waals surface area contributed by atoms with Gasteiger partial charge >= 0.3 is 0 Å². The molecule has 2 aromatic heterocycles. The van der Waals surface area contributed by atoms with Crippen LogP contribution in [0.15, 0.2) is 82.6 Å². The molecule has 0 bridgehead atoms. The molecule has 0 spiro atoms. The van der Waals surface area contributed by atoms with E-state index in [4.69, 9.17) is 4.42 Å². The normalized spacial score (nSPS) is 10.8. The Labute approximate surface area is 179 Å². The number of rotatable bonds is 8. The van der Waals surface area contributed by atoms with Gasteiger partial charge in [0.1, 0.15) is 0 Å². The first-order chi connectivity index (χ1) is 14.7. The van der Waals surface area contributed by atoms with Gasteiger partial charge in [0, 0.05) is 5.69 Å². The average molecular weight is 419 g/mol. The number of nitrogens with zero attached hydrogens (tertiary/aromatic N) is 3. The van der Waals surface area contributed by atoms with Crippen LogP contribution in [-0.4, -0.2) is 26.4 Å². The second kappa shape index (κ2) is 9.45. The minimum Gasteiger partial charge on any atom is -0.461 e. The third kappa shape index (κ3) is 4.80. The molecule has 2 aromatic carbocycles. The van der Waals surface area contributed by atoms with Gasteiger partial charge in [0.2, 0.25) is 11.7 Å². The van der Waals surface area contributed by atoms with E-state index >= 15 is 0 Å². The summed E-state index contributed by atoms with van der Waals surface area (Å²) in [5, 5.41) is 12.2. The van der Waals surface area contributed by atoms with E-state index in [1.165, 1.54) is 17.3 Å². The first-order valence-corrected chi connectivity index (χ1v) is 10.7. The number of anilines is 1. The van der Waals surface area contributed by atoms with Crippen molar-refractivity contribution >= 4 is 23.4 Å². The van der Waals surface area contributed by atoms with Crippen molar-refractivity contribution in [3.05, 3.63) is 84.1 Å². The Morgan fingerprint density at radius 3 is 2.50 bits per heavy atom. The standard InChI is InChI=1S/C23H22N4O2S/c1-2-17-10-12-19(13-11-17)24-21(28)16-30-23-26-25-22(20-9-6-14-29-20)27(23)15-18-7-4-3-5-8-18/h3-14H,2,15-16H2,1H3,(H,24,28). The Morgan fingerprint density at radius 2 is 1.80 bits per heavy atom. The topological polar surface area (TPSA) is 73.0 Å². The van der Waals surface area contributed by atoms with Crippen molar-refractivity contribution in [2.45, 2.75) is 25.0 Å². The fourth-order valence-corrected chi connectivity index (χ4v) is 3.78. The molecule has 6 nitrogen and oxygen atoms in total. The van der Waals surface area contributed by atoms with Crippen LogP contribution in [-0.2, 0) is 17.8 Å². The van der Waals surface area contributed by atoms with E-state index in [1.54, 1.807) is 6.26 Å². The molecular formula is C23H22N4O2S. The predicted octanol–water partition coefficient (Wildman–Crippen LogP) is 4.88. The molecular weight excluding hydrogens is 396 g/mol. The van der Waals surface area contributed by atoms with Crippen LogP contribution in [0.1, 0.15) is 18.1 Å². The molecule has 0 unspecified atom stereocenters. The van der Waals surface area contributed by atoms with Gasteiger partial charge in [0.05, 0.1) is 18.6 Å². The Kier molecular flexibility index (Phi) is 6.29. The largest absolute Gasteiger partial charge is 0.461 e. The molecule has 0 fully saturated rings. The zero-order valence-electron chi connectivity index (χ0n) is 16.6. The maximum absolute atomic E-state index is 12.4. The lowest BCUT2D eigenvalue weighted by Gasteiger charge is -2.10. The number of thioether (sulfide) groups is 1. The molecule has 0 saturated heterocycles. The highest BCUT2D eigenvalue weighted by atomic mass is 32.2. The van der Waals surface area contributed by atoms with E-state index in [-0.39, 0.29) is 11.7 Å². The van der Waals surface area contributed by atoms with Crippen LogP contribution in [0.2, 0.25) is 0 Å². The van der Waals surface area contributed by atoms with Crippen molar-refractivity contribution in [3.8, 4) is 11.6 Å². The first-order valence-electron chi connectivity index (χ1n) is 9.75. The molecule has 0 aliphatic rings. The molecule has 7 heteroatoms. The lowest BCUT2D eigenvalue weighted by atomic mass is 10.1. The lowest BCUT2D eigenvalue weighted by molar-refractivity contribution is -0.113. The first kappa shape index (κ1) is 20.0. The Morgan fingerprint density at radius 1 is 1.00 bits per heavy atom. The van der Waals surface area contributed by atoms with Crippen molar-refractivity contribution in [1.82, 2.24) is 14.8 Å². The number of aryl methyl sites for hydroxylation is 1. The smallest absolute Gasteiger partial charge is 0.234 e. The van der Waals surface area contributed by atoms with E-state index in [1.807, 2.05) is 71.3 Å². The molecule has 30 heavy (non-hydrogen) atoms. The Bertz CT molecular complexity index is 1090. The van der Waals surface area contributed by atoms with Gasteiger partial charge in [-0.3, -0.25) is 9.36 Å². The summed E-state index contributed by atoms with van der Waals surface area (Å²) >= 11 is 1.36. The van der Waals surface area contributed by atoms with E-state index in [2.05, 4.69) is 22.4 Å². The van der Waals surface area contributed by atoms with Crippen molar-refractivity contribution in [1.29, 1.82) is 0 Å². The van der Waals surface area contributed by atoms with Crippen LogP contribution in [0, 0.1) is 0 Å². The highest BCUT2D eigenvalue weighted by Gasteiger charge is 2.18. The number of carbonyl (C=O) groups excluding carboxylic acids is 1. The van der Waals surface area contributed by atoms with Crippen molar-refractivity contribution in [2.24, 2.45) is 0 Å². The maximum Gasteiger partial charge on any atom is 0.234 e. The minimum absolute atomic E-state index is 0.0851. The van der Waals surface area contributed by atoms with E-state index < -0.39 is 0 Å². The van der Waals surface area contributed by atoms with Gasteiger partial charge in [-0.25, -0.2) is 0 Å². The Hall–Kier alpha value is -3.32. The third-order valence-corrected chi connectivity index (χ3v) is 5.59. The van der Waals surface area contributed by atoms with E-state index in [9.17, 15) is 4.79 Å². The van der Waals surface area contributed by atoms with Crippen LogP contribution < -0.4 is 5.32 Å². The number of nitrogens with one attached hydrogen (secondary N) is 1. The van der Waals surface area contributed by atoms with Gasteiger partial charge < -0.3 is 9.73 Å². The number of furan rings is 1. The Balaban J connectivity index is 1.48. The van der Waals surface area contributed by atoms with Crippen LogP contribution in [0.4, 0.5) is 5.69 Å². The maximum atomic E-state index is 12.4. The monoisotopic (exact) mass is 418 g/mol. The van der Waals surface area contributed by atoms with Gasteiger partial charge in [0.15, 0.2) is 10.9 Å². The molecule has 0 radical (unpaired) electrons. The summed E-state index contributed by atoms with van der Waals surface area (Å²) < 4.78 is 7.50. The molecule has 152 valence electrons. The van der Waals surface area contributed by atoms with Crippen LogP contribution in [0.25, 0.3) is 11.6 Å². The van der Waals surface area contributed by atoms with Crippen LogP contribution in [0.3, 0.4) is 0 Å². The SMILES string of the molecule is CCc1ccc(NC(=O)CSc2nnc(-c3ccco3)n2Cc2ccccc2)cc1. The van der Waals surface area contributed by atoms with Crippen LogP contribution in [0.5, 0.6) is 0 Å². The van der Waals surface area contributed by atoms with Gasteiger partial charge in [-0.15, -0.1) is 10.2 Å². The van der Waals surface area contributed by atoms with Gasteiger partial charge in [-0.05, 0) is 41.8 Å². The van der Waals surface area contributed by atoms with Crippen molar-refractivity contribution < 1.29 is 9.21 Å². The summed E-state index contributed by atoms with van der Waals surface area (Å²) in [6, 6.07) is 21.6. The predicted molar refractivity (Wildman–Crippen MR) is 118 cm³/mol. The molecule has 1 N–H and O–H groups in total. The lowest BCUT2D eigenvalue weighted by Crippen LogP contribution is -2.14. The quantitative estimate of drug-likeness (QED) is 0.413. The number of benzene rings is 2. The van der Waals surface area contributed by atoms with Crippen LogP contribution >= 0.6 is 11.8 Å². The second-order valence-electron chi connectivity index (χ2n) is 6.74. The second-order valence-corrected chi connectivity index (χ2v) is 7.69. The summed E-state index contributed by atoms with van der Waals surface area (Å²) in [6.45, 7) is 2.69. The van der Waals surface area contributed by atoms with Crippen molar-refractivity contribution in [3.63, 3.8) is 0 Å². The summed E-state index contributed by atoms with van der Waals surface area (Å²) in [4.78, 5) is 12.4. The number of amides is 1. The molecule has 4 aromatic rings. The van der Waals surface area contributed by atoms with Gasteiger partial charge in [-0.1, -0.05) is 61.2 Å². The summed E-state index contributed by atoms with van der Waals surface area (Å²) in [5.74, 6) is 1.44. The fraction of sp³-hybridized carbons (Fsp3) is 0.174. The molecule has 4 rings (SSSR count). The molecule has 0 aliphatic heterocycles. The number of hydrogen-bond donors (Lipinski definition) is 1. The van der Waals surface area contributed by atoms with Gasteiger partial charge in [-0.2, -0.15) is 0 Å². The zero-order valence-corrected chi connectivity index (χ0v) is 17.4. The van der Waals surface area contributed by atoms with E-state index in [0.29, 0.717) is 23.3 Å². The summed E-state index contributed by atoms with van der Waals surface area (Å²) in [7, 11) is 0. The highest BCUT2D eigenvalue weighted by Crippen LogP contribution is 2.25. The highest BCUT2D eigenvalue weighted by molar-refractivity contribution is 7.99. The molecule has 1 amide bonds. The third-order valence-electron chi connectivity index (χ3n) is 4.62. The molecule has 0 saturated carbocycles. The minimum atomic E-state index is -0.0851. The van der Waals surface area contributed by atoms with Gasteiger partial charge in [0.25, 0.3) is 0 Å². The molecule has 2 heterocycles. The number of aromatic nitrogens is 3. The number of hydrogen-bond acceptors (Lipinski definition) is 5. The molecule has 0 aliphatic carbocycles. The van der Waals surface area contributed by atoms with E-state index in [0.717, 1.165) is 17.7 Å².